The van der Waals surface area contributed by atoms with Crippen LogP contribution in [-0.2, 0) is 0 Å². The SMILES string of the molecule is O=C(Nc1ccccc1)NC1CCN(C(=O)c2ccc(Br)cc2Cl)CC1. The normalized spacial score (nSPS) is 14.8. The van der Waals surface area contributed by atoms with Crippen molar-refractivity contribution in [2.45, 2.75) is 18.9 Å². The van der Waals surface area contributed by atoms with Crippen molar-refractivity contribution in [2.24, 2.45) is 0 Å². The largest absolute Gasteiger partial charge is 0.338 e. The minimum Gasteiger partial charge on any atom is -0.338 e. The lowest BCUT2D eigenvalue weighted by molar-refractivity contribution is 0.0709. The quantitative estimate of drug-likeness (QED) is 0.742. The number of nitrogens with one attached hydrogen (secondary N) is 2. The van der Waals surface area contributed by atoms with Gasteiger partial charge in [-0.1, -0.05) is 45.7 Å². The Balaban J connectivity index is 1.51. The number of para-hydroxylation sites is 1. The molecule has 3 rings (SSSR count). The lowest BCUT2D eigenvalue weighted by Crippen LogP contribution is -2.47. The first kappa shape index (κ1) is 18.7. The summed E-state index contributed by atoms with van der Waals surface area (Å²) in [6.45, 7) is 1.17. The Labute approximate surface area is 165 Å². The maximum Gasteiger partial charge on any atom is 0.319 e. The van der Waals surface area contributed by atoms with E-state index in [0.717, 1.165) is 10.2 Å². The average Bonchev–Trinajstić information content (AvgIpc) is 2.62. The summed E-state index contributed by atoms with van der Waals surface area (Å²) in [6, 6.07) is 14.4. The molecule has 1 heterocycles. The predicted molar refractivity (Wildman–Crippen MR) is 107 cm³/mol. The number of nitrogens with zero attached hydrogens (tertiary/aromatic N) is 1. The fourth-order valence-corrected chi connectivity index (χ4v) is 3.69. The van der Waals surface area contributed by atoms with E-state index < -0.39 is 0 Å². The van der Waals surface area contributed by atoms with Gasteiger partial charge in [0.1, 0.15) is 0 Å². The Morgan fingerprint density at radius 3 is 2.42 bits per heavy atom. The molecular formula is C19H19BrClN3O2. The molecule has 136 valence electrons. The zero-order valence-corrected chi connectivity index (χ0v) is 16.4. The summed E-state index contributed by atoms with van der Waals surface area (Å²) >= 11 is 9.52. The number of anilines is 1. The molecule has 5 nitrogen and oxygen atoms in total. The number of carbonyl (C=O) groups excluding carboxylic acids is 2. The molecule has 2 N–H and O–H groups in total. The number of likely N-dealkylation sites (tertiary alicyclic amines) is 1. The summed E-state index contributed by atoms with van der Waals surface area (Å²) in [4.78, 5) is 26.5. The van der Waals surface area contributed by atoms with Crippen LogP contribution in [0.5, 0.6) is 0 Å². The van der Waals surface area contributed by atoms with Gasteiger partial charge in [0.15, 0.2) is 0 Å². The van der Waals surface area contributed by atoms with E-state index in [1.807, 2.05) is 30.3 Å². The number of halogens is 2. The number of benzene rings is 2. The van der Waals surface area contributed by atoms with E-state index in [2.05, 4.69) is 26.6 Å². The molecule has 0 radical (unpaired) electrons. The van der Waals surface area contributed by atoms with Crippen LogP contribution in [0.2, 0.25) is 5.02 Å². The monoisotopic (exact) mass is 435 g/mol. The van der Waals surface area contributed by atoms with Crippen molar-refractivity contribution in [3.8, 4) is 0 Å². The van der Waals surface area contributed by atoms with Gasteiger partial charge in [-0.2, -0.15) is 0 Å². The summed E-state index contributed by atoms with van der Waals surface area (Å²) in [5, 5.41) is 6.21. The van der Waals surface area contributed by atoms with Crippen molar-refractivity contribution < 1.29 is 9.59 Å². The molecule has 0 bridgehead atoms. The van der Waals surface area contributed by atoms with Crippen molar-refractivity contribution in [1.82, 2.24) is 10.2 Å². The highest BCUT2D eigenvalue weighted by molar-refractivity contribution is 9.10. The molecule has 1 saturated heterocycles. The van der Waals surface area contributed by atoms with Crippen LogP contribution in [0.4, 0.5) is 10.5 Å². The second kappa shape index (κ2) is 8.56. The third-order valence-electron chi connectivity index (χ3n) is 4.31. The van der Waals surface area contributed by atoms with E-state index in [-0.39, 0.29) is 18.0 Å². The summed E-state index contributed by atoms with van der Waals surface area (Å²) in [6.07, 6.45) is 1.42. The van der Waals surface area contributed by atoms with Crippen molar-refractivity contribution in [3.63, 3.8) is 0 Å². The van der Waals surface area contributed by atoms with Gasteiger partial charge < -0.3 is 15.5 Å². The van der Waals surface area contributed by atoms with Crippen molar-refractivity contribution in [2.75, 3.05) is 18.4 Å². The number of piperidine rings is 1. The topological polar surface area (TPSA) is 61.4 Å². The second-order valence-corrected chi connectivity index (χ2v) is 7.48. The zero-order valence-electron chi connectivity index (χ0n) is 14.0. The van der Waals surface area contributed by atoms with Gasteiger partial charge >= 0.3 is 6.03 Å². The third-order valence-corrected chi connectivity index (χ3v) is 5.12. The Hall–Kier alpha value is -2.05. The summed E-state index contributed by atoms with van der Waals surface area (Å²) < 4.78 is 0.839. The van der Waals surface area contributed by atoms with Crippen LogP contribution < -0.4 is 10.6 Å². The number of hydrogen-bond acceptors (Lipinski definition) is 2. The molecule has 0 aromatic heterocycles. The first-order valence-electron chi connectivity index (χ1n) is 8.40. The standard InChI is InChI=1S/C19H19BrClN3O2/c20-13-6-7-16(17(21)12-13)18(25)24-10-8-15(9-11-24)23-19(26)22-14-4-2-1-3-5-14/h1-7,12,15H,8-11H2,(H2,22,23,26). The fourth-order valence-electron chi connectivity index (χ4n) is 2.93. The van der Waals surface area contributed by atoms with E-state index in [9.17, 15) is 9.59 Å². The van der Waals surface area contributed by atoms with Crippen LogP contribution in [-0.4, -0.2) is 36.0 Å². The molecule has 1 aliphatic rings. The number of carbonyl (C=O) groups is 2. The van der Waals surface area contributed by atoms with Crippen molar-refractivity contribution in [1.29, 1.82) is 0 Å². The minimum atomic E-state index is -0.225. The Morgan fingerprint density at radius 1 is 1.08 bits per heavy atom. The number of amides is 3. The molecule has 1 aliphatic heterocycles. The Bertz CT molecular complexity index is 793. The van der Waals surface area contributed by atoms with Gasteiger partial charge in [-0.05, 0) is 43.2 Å². The van der Waals surface area contributed by atoms with Crippen LogP contribution in [0.3, 0.4) is 0 Å². The Kier molecular flexibility index (Phi) is 6.16. The van der Waals surface area contributed by atoms with Crippen LogP contribution in [0.1, 0.15) is 23.2 Å². The molecule has 0 atom stereocenters. The zero-order chi connectivity index (χ0) is 18.5. The first-order chi connectivity index (χ1) is 12.5. The maximum absolute atomic E-state index is 12.6. The first-order valence-corrected chi connectivity index (χ1v) is 9.57. The average molecular weight is 437 g/mol. The summed E-state index contributed by atoms with van der Waals surface area (Å²) in [5.74, 6) is -0.0744. The van der Waals surface area contributed by atoms with E-state index in [1.54, 1.807) is 23.1 Å². The molecule has 0 spiro atoms. The molecule has 0 aliphatic carbocycles. The van der Waals surface area contributed by atoms with Gasteiger partial charge in [0.2, 0.25) is 0 Å². The smallest absolute Gasteiger partial charge is 0.319 e. The highest BCUT2D eigenvalue weighted by Gasteiger charge is 2.25. The van der Waals surface area contributed by atoms with Crippen molar-refractivity contribution >= 4 is 45.2 Å². The van der Waals surface area contributed by atoms with Gasteiger partial charge in [0.05, 0.1) is 10.6 Å². The fraction of sp³-hybridized carbons (Fsp3) is 0.263. The molecular weight excluding hydrogens is 418 g/mol. The molecule has 0 saturated carbocycles. The summed E-state index contributed by atoms with van der Waals surface area (Å²) in [7, 11) is 0. The van der Waals surface area contributed by atoms with Crippen LogP contribution in [0.15, 0.2) is 53.0 Å². The minimum absolute atomic E-state index is 0.0446. The van der Waals surface area contributed by atoms with Gasteiger partial charge in [0.25, 0.3) is 5.91 Å². The van der Waals surface area contributed by atoms with Gasteiger partial charge in [-0.25, -0.2) is 4.79 Å². The highest BCUT2D eigenvalue weighted by Crippen LogP contribution is 2.24. The molecule has 2 aromatic carbocycles. The van der Waals surface area contributed by atoms with Crippen LogP contribution in [0.25, 0.3) is 0 Å². The summed E-state index contributed by atoms with van der Waals surface area (Å²) in [5.41, 5.74) is 1.26. The lowest BCUT2D eigenvalue weighted by atomic mass is 10.0. The Morgan fingerprint density at radius 2 is 1.77 bits per heavy atom. The molecule has 0 unspecified atom stereocenters. The number of urea groups is 1. The predicted octanol–water partition coefficient (Wildman–Crippen LogP) is 4.53. The molecule has 1 fully saturated rings. The maximum atomic E-state index is 12.6. The lowest BCUT2D eigenvalue weighted by Gasteiger charge is -2.32. The molecule has 26 heavy (non-hydrogen) atoms. The van der Waals surface area contributed by atoms with Gasteiger partial charge in [0, 0.05) is 29.3 Å². The van der Waals surface area contributed by atoms with E-state index >= 15 is 0 Å². The third kappa shape index (κ3) is 4.77. The molecule has 2 aromatic rings. The van der Waals surface area contributed by atoms with E-state index in [0.29, 0.717) is 36.5 Å². The van der Waals surface area contributed by atoms with Gasteiger partial charge in [-0.15, -0.1) is 0 Å². The van der Waals surface area contributed by atoms with E-state index in [1.165, 1.54) is 0 Å². The molecule has 3 amide bonds. The number of rotatable bonds is 3. The number of hydrogen-bond donors (Lipinski definition) is 2. The highest BCUT2D eigenvalue weighted by atomic mass is 79.9. The van der Waals surface area contributed by atoms with Gasteiger partial charge in [-0.3, -0.25) is 4.79 Å². The van der Waals surface area contributed by atoms with E-state index in [4.69, 9.17) is 11.6 Å². The van der Waals surface area contributed by atoms with Crippen molar-refractivity contribution in [3.05, 3.63) is 63.6 Å². The second-order valence-electron chi connectivity index (χ2n) is 6.16. The van der Waals surface area contributed by atoms with Crippen LogP contribution >= 0.6 is 27.5 Å². The van der Waals surface area contributed by atoms with Crippen LogP contribution in [0, 0.1) is 0 Å². The molecule has 7 heteroatoms.